The van der Waals surface area contributed by atoms with Gasteiger partial charge in [-0.15, -0.1) is 0 Å². The van der Waals surface area contributed by atoms with Gasteiger partial charge in [0, 0.05) is 28.4 Å². The fourth-order valence-electron chi connectivity index (χ4n) is 3.21. The average molecular weight is 308 g/mol. The number of carbonyl (C=O) groups excluding carboxylic acids is 1. The molecule has 0 aliphatic carbocycles. The minimum atomic E-state index is -0.372. The number of likely N-dealkylation sites (N-methyl/N-ethyl adjacent to an activating group) is 1. The fourth-order valence-corrected chi connectivity index (χ4v) is 4.33. The Morgan fingerprint density at radius 1 is 1.05 bits per heavy atom. The summed E-state index contributed by atoms with van der Waals surface area (Å²) in [7, 11) is 2.13. The highest BCUT2D eigenvalue weighted by Crippen LogP contribution is 2.46. The smallest absolute Gasteiger partial charge is 0.248 e. The highest BCUT2D eigenvalue weighted by molar-refractivity contribution is 7.99. The van der Waals surface area contributed by atoms with Crippen LogP contribution < -0.4 is 5.73 Å². The molecule has 0 fully saturated rings. The summed E-state index contributed by atoms with van der Waals surface area (Å²) in [6.07, 6.45) is 0. The summed E-state index contributed by atoms with van der Waals surface area (Å²) in [6, 6.07) is 14.3. The summed E-state index contributed by atoms with van der Waals surface area (Å²) >= 11 is 1.77. The van der Waals surface area contributed by atoms with Crippen LogP contribution in [0.1, 0.15) is 21.5 Å². The number of benzene rings is 2. The molecule has 2 aromatic rings. The first-order valence-electron chi connectivity index (χ1n) is 7.25. The van der Waals surface area contributed by atoms with Crippen LogP contribution >= 0.6 is 11.8 Å². The van der Waals surface area contributed by atoms with Crippen LogP contribution in [-0.2, 0) is 0 Å². The van der Waals surface area contributed by atoms with Gasteiger partial charge in [-0.1, -0.05) is 30.0 Å². The molecule has 4 rings (SSSR count). The molecule has 0 radical (unpaired) electrons. The maximum Gasteiger partial charge on any atom is 0.248 e. The number of amides is 1. The number of fused-ring (bicyclic) bond motifs is 4. The molecule has 2 aromatic carbocycles. The van der Waals surface area contributed by atoms with Crippen molar-refractivity contribution in [2.24, 2.45) is 5.73 Å². The Labute approximate surface area is 133 Å². The first kappa shape index (κ1) is 13.6. The molecule has 2 aliphatic heterocycles. The Morgan fingerprint density at radius 2 is 1.73 bits per heavy atom. The minimum Gasteiger partial charge on any atom is -0.366 e. The van der Waals surface area contributed by atoms with E-state index in [9.17, 15) is 4.79 Å². The Bertz CT molecular complexity index is 826. The van der Waals surface area contributed by atoms with Gasteiger partial charge in [-0.25, -0.2) is 0 Å². The van der Waals surface area contributed by atoms with Crippen molar-refractivity contribution in [2.75, 3.05) is 20.1 Å². The molecule has 2 N–H and O–H groups in total. The van der Waals surface area contributed by atoms with Crippen molar-refractivity contribution in [3.63, 3.8) is 0 Å². The van der Waals surface area contributed by atoms with Crippen molar-refractivity contribution in [3.05, 3.63) is 59.2 Å². The molecule has 3 nitrogen and oxygen atoms in total. The number of hydrogen-bond acceptors (Lipinski definition) is 3. The molecule has 2 aliphatic rings. The summed E-state index contributed by atoms with van der Waals surface area (Å²) in [4.78, 5) is 16.3. The monoisotopic (exact) mass is 308 g/mol. The third-order valence-corrected chi connectivity index (χ3v) is 5.39. The normalized spacial score (nSPS) is 16.8. The Hall–Kier alpha value is -2.04. The van der Waals surface area contributed by atoms with Crippen LogP contribution in [0.3, 0.4) is 0 Å². The van der Waals surface area contributed by atoms with Crippen molar-refractivity contribution in [3.8, 4) is 0 Å². The number of nitrogens with zero attached hydrogens (tertiary/aromatic N) is 1. The fraction of sp³-hybridized carbons (Fsp3) is 0.167. The largest absolute Gasteiger partial charge is 0.366 e. The van der Waals surface area contributed by atoms with E-state index in [-0.39, 0.29) is 5.91 Å². The standard InChI is InChI=1S/C18H16N2OS/c1-20-9-14-12-4-2-3-5-16(12)22-17-7-6-11(18(19)21)8-13(17)15(14)10-20/h2-8H,9-10H2,1H3,(H2,19,21). The maximum absolute atomic E-state index is 11.5. The molecule has 0 bridgehead atoms. The summed E-state index contributed by atoms with van der Waals surface area (Å²) in [5.41, 5.74) is 11.2. The van der Waals surface area contributed by atoms with Gasteiger partial charge in [0.25, 0.3) is 0 Å². The Morgan fingerprint density at radius 3 is 2.50 bits per heavy atom. The van der Waals surface area contributed by atoms with Crippen LogP contribution in [0, 0.1) is 0 Å². The van der Waals surface area contributed by atoms with Gasteiger partial charge in [0.15, 0.2) is 0 Å². The van der Waals surface area contributed by atoms with Crippen molar-refractivity contribution < 1.29 is 4.79 Å². The van der Waals surface area contributed by atoms with Crippen molar-refractivity contribution in [1.29, 1.82) is 0 Å². The molecule has 22 heavy (non-hydrogen) atoms. The molecule has 4 heteroatoms. The molecule has 0 saturated heterocycles. The second-order valence-electron chi connectivity index (χ2n) is 5.80. The van der Waals surface area contributed by atoms with E-state index in [0.717, 1.165) is 18.7 Å². The Kier molecular flexibility index (Phi) is 3.10. The van der Waals surface area contributed by atoms with Crippen LogP contribution in [0.5, 0.6) is 0 Å². The second kappa shape index (κ2) is 5.00. The number of carbonyl (C=O) groups is 1. The zero-order chi connectivity index (χ0) is 15.3. The lowest BCUT2D eigenvalue weighted by Gasteiger charge is -2.13. The zero-order valence-corrected chi connectivity index (χ0v) is 13.1. The van der Waals surface area contributed by atoms with Crippen LogP contribution in [-0.4, -0.2) is 30.9 Å². The van der Waals surface area contributed by atoms with Crippen LogP contribution in [0.25, 0.3) is 11.1 Å². The van der Waals surface area contributed by atoms with Crippen molar-refractivity contribution in [2.45, 2.75) is 9.79 Å². The predicted octanol–water partition coefficient (Wildman–Crippen LogP) is 3.11. The second-order valence-corrected chi connectivity index (χ2v) is 6.89. The maximum atomic E-state index is 11.5. The molecular weight excluding hydrogens is 292 g/mol. The summed E-state index contributed by atoms with van der Waals surface area (Å²) in [5, 5.41) is 0. The van der Waals surface area contributed by atoms with Crippen molar-refractivity contribution in [1.82, 2.24) is 4.90 Å². The molecule has 2 heterocycles. The topological polar surface area (TPSA) is 46.3 Å². The van der Waals surface area contributed by atoms with E-state index in [0.29, 0.717) is 5.56 Å². The molecule has 1 amide bonds. The quantitative estimate of drug-likeness (QED) is 0.880. The van der Waals surface area contributed by atoms with Crippen LogP contribution in [0.4, 0.5) is 0 Å². The van der Waals surface area contributed by atoms with Gasteiger partial charge in [-0.2, -0.15) is 0 Å². The van der Waals surface area contributed by atoms with E-state index < -0.39 is 0 Å². The molecule has 0 spiro atoms. The highest BCUT2D eigenvalue weighted by Gasteiger charge is 2.28. The van der Waals surface area contributed by atoms with Gasteiger partial charge in [0.1, 0.15) is 0 Å². The van der Waals surface area contributed by atoms with E-state index >= 15 is 0 Å². The number of primary amides is 1. The third-order valence-electron chi connectivity index (χ3n) is 4.24. The highest BCUT2D eigenvalue weighted by atomic mass is 32.2. The lowest BCUT2D eigenvalue weighted by atomic mass is 9.96. The molecule has 0 saturated carbocycles. The van der Waals surface area contributed by atoms with Crippen molar-refractivity contribution >= 4 is 28.8 Å². The van der Waals surface area contributed by atoms with Gasteiger partial charge in [-0.05, 0) is 53.6 Å². The number of rotatable bonds is 1. The van der Waals surface area contributed by atoms with E-state index in [1.54, 1.807) is 11.8 Å². The predicted molar refractivity (Wildman–Crippen MR) is 89.8 cm³/mol. The van der Waals surface area contributed by atoms with E-state index in [2.05, 4.69) is 36.2 Å². The first-order chi connectivity index (χ1) is 10.6. The lowest BCUT2D eigenvalue weighted by Crippen LogP contribution is -2.15. The van der Waals surface area contributed by atoms with Gasteiger partial charge < -0.3 is 5.73 Å². The molecule has 0 aromatic heterocycles. The SMILES string of the molecule is CN1CC2=C(C1)c1cc(C(N)=O)ccc1Sc1ccccc12. The van der Waals surface area contributed by atoms with Gasteiger partial charge in [0.2, 0.25) is 5.91 Å². The van der Waals surface area contributed by atoms with Gasteiger partial charge in [-0.3, -0.25) is 9.69 Å². The van der Waals surface area contributed by atoms with E-state index in [4.69, 9.17) is 5.73 Å². The lowest BCUT2D eigenvalue weighted by molar-refractivity contribution is 0.1000. The molecular formula is C18H16N2OS. The number of nitrogens with two attached hydrogens (primary N) is 1. The van der Waals surface area contributed by atoms with E-state index in [1.807, 2.05) is 18.2 Å². The molecule has 0 atom stereocenters. The average Bonchev–Trinajstić information content (AvgIpc) is 2.84. The minimum absolute atomic E-state index is 0.372. The molecule has 0 unspecified atom stereocenters. The number of hydrogen-bond donors (Lipinski definition) is 1. The van der Waals surface area contributed by atoms with Gasteiger partial charge in [0.05, 0.1) is 0 Å². The van der Waals surface area contributed by atoms with Gasteiger partial charge >= 0.3 is 0 Å². The molecule has 110 valence electrons. The Balaban J connectivity index is 1.99. The van der Waals surface area contributed by atoms with Crippen LogP contribution in [0.2, 0.25) is 0 Å². The summed E-state index contributed by atoms with van der Waals surface area (Å²) in [6.45, 7) is 1.84. The first-order valence-corrected chi connectivity index (χ1v) is 8.07. The summed E-state index contributed by atoms with van der Waals surface area (Å²) in [5.74, 6) is -0.372. The van der Waals surface area contributed by atoms with Crippen LogP contribution in [0.15, 0.2) is 52.3 Å². The third kappa shape index (κ3) is 2.07. The zero-order valence-electron chi connectivity index (χ0n) is 12.3. The van der Waals surface area contributed by atoms with E-state index in [1.165, 1.54) is 26.5 Å². The summed E-state index contributed by atoms with van der Waals surface area (Å²) < 4.78 is 0.